The third kappa shape index (κ3) is 2.70. The zero-order valence-corrected chi connectivity index (χ0v) is 13.3. The molecule has 1 aliphatic rings. The van der Waals surface area contributed by atoms with Crippen molar-refractivity contribution in [2.45, 2.75) is 37.7 Å². The van der Waals surface area contributed by atoms with E-state index in [9.17, 15) is 9.59 Å². The van der Waals surface area contributed by atoms with E-state index in [4.69, 9.17) is 16.3 Å². The summed E-state index contributed by atoms with van der Waals surface area (Å²) in [7, 11) is 0. The SMILES string of the molecule is CC(C)(C)OC(=O)[C@@]1(Cl)Cc2cc(Br)ccc2C1=O. The van der Waals surface area contributed by atoms with E-state index in [2.05, 4.69) is 15.9 Å². The molecule has 0 aromatic heterocycles. The minimum Gasteiger partial charge on any atom is -0.458 e. The number of hydrogen-bond acceptors (Lipinski definition) is 3. The van der Waals surface area contributed by atoms with Crippen molar-refractivity contribution in [3.63, 3.8) is 0 Å². The maximum absolute atomic E-state index is 12.3. The molecule has 0 radical (unpaired) electrons. The van der Waals surface area contributed by atoms with Gasteiger partial charge in [0.1, 0.15) is 5.60 Å². The fourth-order valence-electron chi connectivity index (χ4n) is 2.01. The number of esters is 1. The van der Waals surface area contributed by atoms with E-state index < -0.39 is 16.4 Å². The smallest absolute Gasteiger partial charge is 0.336 e. The number of alkyl halides is 1. The van der Waals surface area contributed by atoms with Crippen LogP contribution >= 0.6 is 27.5 Å². The Balaban J connectivity index is 2.34. The van der Waals surface area contributed by atoms with Crippen molar-refractivity contribution in [3.05, 3.63) is 33.8 Å². The highest BCUT2D eigenvalue weighted by Crippen LogP contribution is 2.38. The summed E-state index contributed by atoms with van der Waals surface area (Å²) in [5, 5.41) is 0. The van der Waals surface area contributed by atoms with Crippen molar-refractivity contribution >= 4 is 39.3 Å². The summed E-state index contributed by atoms with van der Waals surface area (Å²) in [5.74, 6) is -1.06. The quantitative estimate of drug-likeness (QED) is 0.444. The molecule has 0 fully saturated rings. The summed E-state index contributed by atoms with van der Waals surface area (Å²) in [4.78, 5) is 22.8. The number of Topliss-reactive ketones (excluding diaryl/α,β-unsaturated/α-hetero) is 1. The molecule has 0 saturated carbocycles. The van der Waals surface area contributed by atoms with Gasteiger partial charge in [-0.15, -0.1) is 0 Å². The molecular weight excluding hydrogens is 332 g/mol. The second-order valence-electron chi connectivity index (χ2n) is 5.61. The summed E-state index contributed by atoms with van der Waals surface area (Å²) >= 11 is 9.59. The first-order valence-electron chi connectivity index (χ1n) is 5.89. The van der Waals surface area contributed by atoms with Crippen LogP contribution in [0.2, 0.25) is 0 Å². The molecule has 0 unspecified atom stereocenters. The van der Waals surface area contributed by atoms with Crippen LogP contribution < -0.4 is 0 Å². The number of carbonyl (C=O) groups is 2. The molecule has 19 heavy (non-hydrogen) atoms. The molecular formula is C14H14BrClO3. The number of carbonyl (C=O) groups excluding carboxylic acids is 2. The molecule has 0 saturated heterocycles. The average Bonchev–Trinajstić information content (AvgIpc) is 2.49. The topological polar surface area (TPSA) is 43.4 Å². The Labute approximate surface area is 125 Å². The van der Waals surface area contributed by atoms with Crippen molar-refractivity contribution in [2.75, 3.05) is 0 Å². The van der Waals surface area contributed by atoms with E-state index in [0.717, 1.165) is 10.0 Å². The van der Waals surface area contributed by atoms with E-state index in [1.54, 1.807) is 32.9 Å². The number of halogens is 2. The van der Waals surface area contributed by atoms with Crippen molar-refractivity contribution < 1.29 is 14.3 Å². The summed E-state index contributed by atoms with van der Waals surface area (Å²) in [5.41, 5.74) is 0.582. The molecule has 0 amide bonds. The van der Waals surface area contributed by atoms with Gasteiger partial charge in [-0.05, 0) is 44.5 Å². The molecule has 3 nitrogen and oxygen atoms in total. The number of hydrogen-bond donors (Lipinski definition) is 0. The van der Waals surface area contributed by atoms with Crippen LogP contribution in [0, 0.1) is 0 Å². The van der Waals surface area contributed by atoms with Gasteiger partial charge in [-0.2, -0.15) is 0 Å². The van der Waals surface area contributed by atoms with Crippen LogP contribution in [0.25, 0.3) is 0 Å². The van der Waals surface area contributed by atoms with Gasteiger partial charge in [0, 0.05) is 16.5 Å². The maximum atomic E-state index is 12.3. The minimum absolute atomic E-state index is 0.164. The van der Waals surface area contributed by atoms with Crippen LogP contribution in [-0.2, 0) is 16.0 Å². The Bertz CT molecular complexity index is 562. The lowest BCUT2D eigenvalue weighted by Crippen LogP contribution is -2.43. The first kappa shape index (κ1) is 14.5. The molecule has 1 atom stereocenters. The average molecular weight is 346 g/mol. The first-order valence-corrected chi connectivity index (χ1v) is 7.06. The fourth-order valence-corrected chi connectivity index (χ4v) is 2.70. The van der Waals surface area contributed by atoms with Gasteiger partial charge in [0.25, 0.3) is 0 Å². The highest BCUT2D eigenvalue weighted by molar-refractivity contribution is 9.10. The first-order chi connectivity index (χ1) is 8.63. The number of fused-ring (bicyclic) bond motifs is 1. The lowest BCUT2D eigenvalue weighted by Gasteiger charge is -2.25. The Morgan fingerprint density at radius 3 is 2.63 bits per heavy atom. The maximum Gasteiger partial charge on any atom is 0.336 e. The number of rotatable bonds is 1. The van der Waals surface area contributed by atoms with E-state index >= 15 is 0 Å². The molecule has 0 bridgehead atoms. The van der Waals surface area contributed by atoms with E-state index in [-0.39, 0.29) is 12.2 Å². The summed E-state index contributed by atoms with van der Waals surface area (Å²) < 4.78 is 6.10. The molecule has 1 aromatic rings. The second kappa shape index (κ2) is 4.60. The van der Waals surface area contributed by atoms with Gasteiger partial charge >= 0.3 is 5.97 Å². The number of ether oxygens (including phenoxy) is 1. The van der Waals surface area contributed by atoms with E-state index in [1.165, 1.54) is 0 Å². The van der Waals surface area contributed by atoms with E-state index in [1.807, 2.05) is 6.07 Å². The van der Waals surface area contributed by atoms with Gasteiger partial charge in [-0.25, -0.2) is 4.79 Å². The van der Waals surface area contributed by atoms with Crippen LogP contribution in [0.15, 0.2) is 22.7 Å². The van der Waals surface area contributed by atoms with Crippen molar-refractivity contribution in [1.29, 1.82) is 0 Å². The molecule has 102 valence electrons. The van der Waals surface area contributed by atoms with E-state index in [0.29, 0.717) is 5.56 Å². The normalized spacial score (nSPS) is 22.3. The van der Waals surface area contributed by atoms with Gasteiger partial charge < -0.3 is 4.74 Å². The zero-order chi connectivity index (χ0) is 14.4. The van der Waals surface area contributed by atoms with Crippen molar-refractivity contribution in [2.24, 2.45) is 0 Å². The van der Waals surface area contributed by atoms with Gasteiger partial charge in [-0.1, -0.05) is 27.5 Å². The Kier molecular flexibility index (Phi) is 3.52. The predicted octanol–water partition coefficient (Wildman–Crippen LogP) is 3.51. The van der Waals surface area contributed by atoms with Crippen molar-refractivity contribution in [3.8, 4) is 0 Å². The summed E-state index contributed by atoms with van der Waals surface area (Å²) in [6, 6.07) is 5.24. The van der Waals surface area contributed by atoms with Crippen LogP contribution in [-0.4, -0.2) is 22.2 Å². The third-order valence-electron chi connectivity index (χ3n) is 2.83. The molecule has 1 aromatic carbocycles. The minimum atomic E-state index is -1.63. The summed E-state index contributed by atoms with van der Waals surface area (Å²) in [6.07, 6.45) is 0.164. The molecule has 0 aliphatic heterocycles. The molecule has 0 heterocycles. The fraction of sp³-hybridized carbons (Fsp3) is 0.429. The lowest BCUT2D eigenvalue weighted by atomic mass is 10.0. The van der Waals surface area contributed by atoms with Gasteiger partial charge in [0.2, 0.25) is 4.87 Å². The van der Waals surface area contributed by atoms with Crippen LogP contribution in [0.5, 0.6) is 0 Å². The van der Waals surface area contributed by atoms with Gasteiger partial charge in [0.05, 0.1) is 0 Å². The van der Waals surface area contributed by atoms with Crippen LogP contribution in [0.3, 0.4) is 0 Å². The molecule has 0 spiro atoms. The molecule has 0 N–H and O–H groups in total. The Morgan fingerprint density at radius 2 is 2.05 bits per heavy atom. The highest BCUT2D eigenvalue weighted by Gasteiger charge is 2.52. The van der Waals surface area contributed by atoms with Gasteiger partial charge in [0.15, 0.2) is 5.78 Å². The molecule has 1 aliphatic carbocycles. The largest absolute Gasteiger partial charge is 0.458 e. The Morgan fingerprint density at radius 1 is 1.42 bits per heavy atom. The summed E-state index contributed by atoms with van der Waals surface area (Å²) in [6.45, 7) is 5.23. The Hall–Kier alpha value is -0.870. The monoisotopic (exact) mass is 344 g/mol. The van der Waals surface area contributed by atoms with Crippen LogP contribution in [0.4, 0.5) is 0 Å². The molecule has 5 heteroatoms. The second-order valence-corrected chi connectivity index (χ2v) is 7.17. The predicted molar refractivity (Wildman–Crippen MR) is 76.6 cm³/mol. The highest BCUT2D eigenvalue weighted by atomic mass is 79.9. The number of benzene rings is 1. The molecule has 2 rings (SSSR count). The standard InChI is InChI=1S/C14H14BrClO3/c1-13(2,3)19-12(18)14(16)7-8-6-9(15)4-5-10(8)11(14)17/h4-6H,7H2,1-3H3/t14-/m1/s1. The zero-order valence-electron chi connectivity index (χ0n) is 10.9. The van der Waals surface area contributed by atoms with Gasteiger partial charge in [-0.3, -0.25) is 4.79 Å². The van der Waals surface area contributed by atoms with Crippen LogP contribution in [0.1, 0.15) is 36.7 Å². The third-order valence-corrected chi connectivity index (χ3v) is 3.78. The number of ketones is 1. The van der Waals surface area contributed by atoms with Crippen molar-refractivity contribution in [1.82, 2.24) is 0 Å². The lowest BCUT2D eigenvalue weighted by molar-refractivity contribution is -0.156.